The van der Waals surface area contributed by atoms with Crippen molar-refractivity contribution in [3.05, 3.63) is 47.9 Å². The molecule has 1 aromatic carbocycles. The van der Waals surface area contributed by atoms with E-state index in [-0.39, 0.29) is 18.0 Å². The van der Waals surface area contributed by atoms with Crippen LogP contribution in [0.1, 0.15) is 23.2 Å². The van der Waals surface area contributed by atoms with E-state index in [1.807, 2.05) is 0 Å². The standard InChI is InChI=1S/C16H16FN3O5S/c17-14-6-5-12(9-13(14)16(21)22)26(23,24)20-8-2-3-11(10-20)25-15-4-1-7-18-19-15/h1,4-7,9,11H,2-3,8,10H2,(H,21,22). The SMILES string of the molecule is O=C(O)c1cc(S(=O)(=O)N2CCCC(Oc3cccnn3)C2)ccc1F. The summed E-state index contributed by atoms with van der Waals surface area (Å²) in [5, 5.41) is 16.5. The third kappa shape index (κ3) is 3.81. The summed E-state index contributed by atoms with van der Waals surface area (Å²) in [7, 11) is -3.97. The first-order chi connectivity index (χ1) is 12.4. The Hall–Kier alpha value is -2.59. The molecule has 0 radical (unpaired) electrons. The Morgan fingerprint density at radius 2 is 2.15 bits per heavy atom. The second-order valence-electron chi connectivity index (χ2n) is 5.75. The zero-order valence-corrected chi connectivity index (χ0v) is 14.4. The number of sulfonamides is 1. The zero-order chi connectivity index (χ0) is 18.7. The number of piperidine rings is 1. The summed E-state index contributed by atoms with van der Waals surface area (Å²) < 4.78 is 46.0. The van der Waals surface area contributed by atoms with Crippen LogP contribution in [0.25, 0.3) is 0 Å². The van der Waals surface area contributed by atoms with Crippen molar-refractivity contribution < 1.29 is 27.4 Å². The van der Waals surface area contributed by atoms with Crippen LogP contribution in [0.15, 0.2) is 41.4 Å². The van der Waals surface area contributed by atoms with E-state index in [4.69, 9.17) is 9.84 Å². The van der Waals surface area contributed by atoms with Crippen molar-refractivity contribution >= 4 is 16.0 Å². The second kappa shape index (κ2) is 7.34. The molecule has 1 unspecified atom stereocenters. The van der Waals surface area contributed by atoms with E-state index >= 15 is 0 Å². The molecule has 138 valence electrons. The highest BCUT2D eigenvalue weighted by atomic mass is 32.2. The van der Waals surface area contributed by atoms with E-state index in [2.05, 4.69) is 10.2 Å². The van der Waals surface area contributed by atoms with Gasteiger partial charge in [0.25, 0.3) is 0 Å². The van der Waals surface area contributed by atoms with Gasteiger partial charge in [0, 0.05) is 18.8 Å². The minimum absolute atomic E-state index is 0.0820. The molecule has 0 amide bonds. The lowest BCUT2D eigenvalue weighted by Crippen LogP contribution is -2.44. The number of hydrogen-bond acceptors (Lipinski definition) is 6. The normalized spacial score (nSPS) is 18.4. The van der Waals surface area contributed by atoms with E-state index in [0.717, 1.165) is 18.2 Å². The number of carbonyl (C=O) groups is 1. The first-order valence-corrected chi connectivity index (χ1v) is 9.29. The topological polar surface area (TPSA) is 110 Å². The van der Waals surface area contributed by atoms with Crippen molar-refractivity contribution in [2.45, 2.75) is 23.8 Å². The minimum atomic E-state index is -3.97. The Morgan fingerprint density at radius 3 is 2.85 bits per heavy atom. The highest BCUT2D eigenvalue weighted by Crippen LogP contribution is 2.24. The predicted molar refractivity (Wildman–Crippen MR) is 87.8 cm³/mol. The number of carboxylic acids is 1. The number of ether oxygens (including phenoxy) is 1. The van der Waals surface area contributed by atoms with Crippen molar-refractivity contribution in [3.63, 3.8) is 0 Å². The van der Waals surface area contributed by atoms with Crippen LogP contribution in [-0.2, 0) is 10.0 Å². The summed E-state index contributed by atoms with van der Waals surface area (Å²) in [6, 6.07) is 6.02. The van der Waals surface area contributed by atoms with E-state index in [9.17, 15) is 17.6 Å². The van der Waals surface area contributed by atoms with Crippen LogP contribution in [0.3, 0.4) is 0 Å². The van der Waals surface area contributed by atoms with Crippen molar-refractivity contribution in [1.82, 2.24) is 14.5 Å². The molecule has 0 spiro atoms. The Balaban J connectivity index is 1.81. The van der Waals surface area contributed by atoms with Gasteiger partial charge in [-0.05, 0) is 37.1 Å². The van der Waals surface area contributed by atoms with Crippen LogP contribution in [0.2, 0.25) is 0 Å². The molecule has 1 atom stereocenters. The van der Waals surface area contributed by atoms with Gasteiger partial charge in [0.15, 0.2) is 0 Å². The van der Waals surface area contributed by atoms with Gasteiger partial charge in [-0.25, -0.2) is 17.6 Å². The molecule has 3 rings (SSSR count). The van der Waals surface area contributed by atoms with E-state index in [1.165, 1.54) is 10.5 Å². The van der Waals surface area contributed by atoms with Gasteiger partial charge in [-0.15, -0.1) is 5.10 Å². The molecule has 10 heteroatoms. The molecule has 2 aromatic rings. The number of carboxylic acid groups (broad SMARTS) is 1. The number of aromatic nitrogens is 2. The van der Waals surface area contributed by atoms with Gasteiger partial charge in [0.1, 0.15) is 11.9 Å². The van der Waals surface area contributed by atoms with Crippen LogP contribution >= 0.6 is 0 Å². The first-order valence-electron chi connectivity index (χ1n) is 7.85. The second-order valence-corrected chi connectivity index (χ2v) is 7.69. The highest BCUT2D eigenvalue weighted by molar-refractivity contribution is 7.89. The van der Waals surface area contributed by atoms with Crippen molar-refractivity contribution in [2.75, 3.05) is 13.1 Å². The first kappa shape index (κ1) is 18.2. The Labute approximate surface area is 149 Å². The fourth-order valence-corrected chi connectivity index (χ4v) is 4.26. The van der Waals surface area contributed by atoms with E-state index in [0.29, 0.717) is 18.7 Å². The van der Waals surface area contributed by atoms with Crippen molar-refractivity contribution in [1.29, 1.82) is 0 Å². The van der Waals surface area contributed by atoms with Crippen LogP contribution in [0, 0.1) is 5.82 Å². The molecule has 8 nitrogen and oxygen atoms in total. The molecule has 0 aliphatic carbocycles. The van der Waals surface area contributed by atoms with Crippen LogP contribution in [0.4, 0.5) is 4.39 Å². The Morgan fingerprint density at radius 1 is 1.35 bits per heavy atom. The number of aromatic carboxylic acids is 1. The van der Waals surface area contributed by atoms with E-state index in [1.54, 1.807) is 12.1 Å². The molecule has 1 N–H and O–H groups in total. The maximum absolute atomic E-state index is 13.5. The molecule has 1 aliphatic heterocycles. The zero-order valence-electron chi connectivity index (χ0n) is 13.6. The third-order valence-corrected chi connectivity index (χ3v) is 5.84. The molecule has 2 heterocycles. The minimum Gasteiger partial charge on any atom is -0.478 e. The van der Waals surface area contributed by atoms with Crippen LogP contribution in [0.5, 0.6) is 5.88 Å². The summed E-state index contributed by atoms with van der Waals surface area (Å²) in [5.41, 5.74) is -0.685. The monoisotopic (exact) mass is 381 g/mol. The molecule has 1 aliphatic rings. The molecular formula is C16H16FN3O5S. The lowest BCUT2D eigenvalue weighted by molar-refractivity contribution is 0.0691. The Kier molecular flexibility index (Phi) is 5.14. The molecule has 0 saturated carbocycles. The van der Waals surface area contributed by atoms with Gasteiger partial charge >= 0.3 is 5.97 Å². The van der Waals surface area contributed by atoms with Gasteiger partial charge in [-0.2, -0.15) is 9.40 Å². The Bertz CT molecular complexity index is 907. The summed E-state index contributed by atoms with van der Waals surface area (Å²) in [6.45, 7) is 0.348. The largest absolute Gasteiger partial charge is 0.478 e. The number of benzene rings is 1. The summed E-state index contributed by atoms with van der Waals surface area (Å²) in [5.74, 6) is -2.22. The smallest absolute Gasteiger partial charge is 0.338 e. The van der Waals surface area contributed by atoms with Gasteiger partial charge < -0.3 is 9.84 Å². The number of halogens is 1. The fraction of sp³-hybridized carbons (Fsp3) is 0.312. The van der Waals surface area contributed by atoms with E-state index < -0.39 is 33.5 Å². The maximum atomic E-state index is 13.5. The summed E-state index contributed by atoms with van der Waals surface area (Å²) >= 11 is 0. The number of rotatable bonds is 5. The molecule has 26 heavy (non-hydrogen) atoms. The molecule has 1 fully saturated rings. The molecule has 1 saturated heterocycles. The molecular weight excluding hydrogens is 365 g/mol. The van der Waals surface area contributed by atoms with Gasteiger partial charge in [0.05, 0.1) is 17.0 Å². The lowest BCUT2D eigenvalue weighted by Gasteiger charge is -2.31. The van der Waals surface area contributed by atoms with Crippen molar-refractivity contribution in [3.8, 4) is 5.88 Å². The predicted octanol–water partition coefficient (Wildman–Crippen LogP) is 1.55. The average Bonchev–Trinajstić information content (AvgIpc) is 2.63. The number of nitrogens with zero attached hydrogens (tertiary/aromatic N) is 3. The maximum Gasteiger partial charge on any atom is 0.338 e. The van der Waals surface area contributed by atoms with Crippen LogP contribution in [-0.4, -0.2) is 53.2 Å². The molecule has 0 bridgehead atoms. The highest BCUT2D eigenvalue weighted by Gasteiger charge is 2.32. The quantitative estimate of drug-likeness (QED) is 0.837. The number of hydrogen-bond donors (Lipinski definition) is 1. The summed E-state index contributed by atoms with van der Waals surface area (Å²) in [6.07, 6.45) is 2.30. The third-order valence-electron chi connectivity index (χ3n) is 3.98. The van der Waals surface area contributed by atoms with Crippen LogP contribution < -0.4 is 4.74 Å². The summed E-state index contributed by atoms with van der Waals surface area (Å²) in [4.78, 5) is 10.8. The van der Waals surface area contributed by atoms with Gasteiger partial charge in [-0.3, -0.25) is 0 Å². The fourth-order valence-electron chi connectivity index (χ4n) is 2.72. The lowest BCUT2D eigenvalue weighted by atomic mass is 10.1. The average molecular weight is 381 g/mol. The van der Waals surface area contributed by atoms with Crippen molar-refractivity contribution in [2.24, 2.45) is 0 Å². The van der Waals surface area contributed by atoms with Gasteiger partial charge in [0.2, 0.25) is 15.9 Å². The van der Waals surface area contributed by atoms with Gasteiger partial charge in [-0.1, -0.05) is 0 Å². The molecule has 1 aromatic heterocycles.